The van der Waals surface area contributed by atoms with Gasteiger partial charge in [-0.15, -0.1) is 0 Å². The summed E-state index contributed by atoms with van der Waals surface area (Å²) in [6.07, 6.45) is 0.0380. The highest BCUT2D eigenvalue weighted by atomic mass is 32.2. The van der Waals surface area contributed by atoms with Crippen molar-refractivity contribution in [3.05, 3.63) is 59.9 Å². The van der Waals surface area contributed by atoms with Gasteiger partial charge in [-0.3, -0.25) is 4.79 Å². The number of sulfone groups is 2. The van der Waals surface area contributed by atoms with E-state index in [4.69, 9.17) is 0 Å². The second kappa shape index (κ2) is 6.81. The molecule has 1 aliphatic rings. The largest absolute Gasteiger partial charge is 0.319 e. The minimum absolute atomic E-state index is 0.0207. The molecule has 0 radical (unpaired) electrons. The zero-order chi connectivity index (χ0) is 18.9. The fourth-order valence-electron chi connectivity index (χ4n) is 2.77. The summed E-state index contributed by atoms with van der Waals surface area (Å²) in [5, 5.41) is 1.37. The second-order valence-corrected chi connectivity index (χ2v) is 10.5. The average Bonchev–Trinajstić information content (AvgIpc) is 2.98. The van der Waals surface area contributed by atoms with Gasteiger partial charge < -0.3 is 5.32 Å². The number of halogens is 1. The van der Waals surface area contributed by atoms with Gasteiger partial charge in [-0.1, -0.05) is 18.2 Å². The Bertz CT molecular complexity index is 1060. The van der Waals surface area contributed by atoms with E-state index in [-0.39, 0.29) is 28.3 Å². The molecule has 9 heteroatoms. The van der Waals surface area contributed by atoms with Crippen molar-refractivity contribution >= 4 is 31.3 Å². The molecule has 2 aromatic carbocycles. The summed E-state index contributed by atoms with van der Waals surface area (Å²) in [6, 6.07) is 10.9. The van der Waals surface area contributed by atoms with Crippen LogP contribution in [0.2, 0.25) is 0 Å². The van der Waals surface area contributed by atoms with Crippen LogP contribution >= 0.6 is 0 Å². The van der Waals surface area contributed by atoms with Gasteiger partial charge in [0, 0.05) is 5.56 Å². The molecule has 1 N–H and O–H groups in total. The van der Waals surface area contributed by atoms with Crippen LogP contribution in [0.25, 0.3) is 0 Å². The number of anilines is 1. The molecule has 138 valence electrons. The molecule has 0 aromatic heterocycles. The van der Waals surface area contributed by atoms with Gasteiger partial charge in [0.05, 0.1) is 27.3 Å². The van der Waals surface area contributed by atoms with Gasteiger partial charge >= 0.3 is 0 Å². The molecule has 1 saturated heterocycles. The van der Waals surface area contributed by atoms with Gasteiger partial charge in [0.15, 0.2) is 19.7 Å². The van der Waals surface area contributed by atoms with Gasteiger partial charge in [-0.25, -0.2) is 21.2 Å². The van der Waals surface area contributed by atoms with Crippen LogP contribution in [-0.2, 0) is 19.7 Å². The summed E-state index contributed by atoms with van der Waals surface area (Å²) in [7, 11) is -7.24. The molecule has 26 heavy (non-hydrogen) atoms. The van der Waals surface area contributed by atoms with Gasteiger partial charge in [0.1, 0.15) is 5.82 Å². The van der Waals surface area contributed by atoms with Crippen molar-refractivity contribution in [3.63, 3.8) is 0 Å². The van der Waals surface area contributed by atoms with Crippen molar-refractivity contribution in [2.24, 2.45) is 0 Å². The van der Waals surface area contributed by atoms with E-state index in [1.54, 1.807) is 6.07 Å². The van der Waals surface area contributed by atoms with Crippen molar-refractivity contribution < 1.29 is 26.0 Å². The normalized spacial score (nSPS) is 19.2. The third kappa shape index (κ3) is 3.78. The third-order valence-electron chi connectivity index (χ3n) is 4.18. The van der Waals surface area contributed by atoms with E-state index in [2.05, 4.69) is 5.32 Å². The standard InChI is InChI=1S/C17H16FNO5S2/c18-15-6-1-2-7-16(15)19-17(20)12-4-3-5-13(10-12)26(23,24)14-8-9-25(21,22)11-14/h1-7,10,14H,8-9,11H2,(H,19,20)/t14-/m1/s1. The zero-order valence-corrected chi connectivity index (χ0v) is 15.2. The molecule has 0 bridgehead atoms. The van der Waals surface area contributed by atoms with Gasteiger partial charge in [-0.05, 0) is 36.8 Å². The van der Waals surface area contributed by atoms with Crippen LogP contribution in [0.15, 0.2) is 53.4 Å². The van der Waals surface area contributed by atoms with Crippen LogP contribution in [0.1, 0.15) is 16.8 Å². The highest BCUT2D eigenvalue weighted by Crippen LogP contribution is 2.26. The summed E-state index contributed by atoms with van der Waals surface area (Å²) < 4.78 is 62.1. The number of benzene rings is 2. The number of hydrogen-bond donors (Lipinski definition) is 1. The fourth-order valence-corrected chi connectivity index (χ4v) is 7.17. The summed E-state index contributed by atoms with van der Waals surface area (Å²) in [5.41, 5.74) is 0.0165. The first-order valence-electron chi connectivity index (χ1n) is 7.79. The molecule has 0 aliphatic carbocycles. The first-order valence-corrected chi connectivity index (χ1v) is 11.2. The number of carbonyl (C=O) groups excluding carboxylic acids is 1. The Morgan fingerprint density at radius 3 is 2.50 bits per heavy atom. The molecule has 6 nitrogen and oxygen atoms in total. The molecule has 2 aromatic rings. The maximum Gasteiger partial charge on any atom is 0.255 e. The Balaban J connectivity index is 1.86. The van der Waals surface area contributed by atoms with Gasteiger partial charge in [-0.2, -0.15) is 0 Å². The zero-order valence-electron chi connectivity index (χ0n) is 13.6. The first-order chi connectivity index (χ1) is 12.2. The number of hydrogen-bond acceptors (Lipinski definition) is 5. The molecule has 3 rings (SSSR count). The van der Waals surface area contributed by atoms with Crippen molar-refractivity contribution in [2.45, 2.75) is 16.6 Å². The smallest absolute Gasteiger partial charge is 0.255 e. The Labute approximate surface area is 150 Å². The van der Waals surface area contributed by atoms with Crippen molar-refractivity contribution in [2.75, 3.05) is 16.8 Å². The van der Waals surface area contributed by atoms with Crippen LogP contribution in [-0.4, -0.2) is 39.5 Å². The highest BCUT2D eigenvalue weighted by molar-refractivity contribution is 7.96. The van der Waals surface area contributed by atoms with Crippen molar-refractivity contribution in [1.29, 1.82) is 0 Å². The Morgan fingerprint density at radius 2 is 1.85 bits per heavy atom. The Hall–Kier alpha value is -2.26. The minimum atomic E-state index is -3.88. The van der Waals surface area contributed by atoms with Crippen LogP contribution < -0.4 is 5.32 Å². The number of para-hydroxylation sites is 1. The SMILES string of the molecule is O=C(Nc1ccccc1F)c1cccc(S(=O)(=O)[C@@H]2CCS(=O)(=O)C2)c1. The number of rotatable bonds is 4. The van der Waals surface area contributed by atoms with E-state index < -0.39 is 42.4 Å². The number of nitrogens with one attached hydrogen (secondary N) is 1. The topological polar surface area (TPSA) is 97.4 Å². The van der Waals surface area contributed by atoms with Crippen molar-refractivity contribution in [1.82, 2.24) is 0 Å². The van der Waals surface area contributed by atoms with Crippen LogP contribution in [0.5, 0.6) is 0 Å². The third-order valence-corrected chi connectivity index (χ3v) is 8.35. The Kier molecular flexibility index (Phi) is 4.85. The summed E-state index contributed by atoms with van der Waals surface area (Å²) in [4.78, 5) is 12.2. The van der Waals surface area contributed by atoms with E-state index in [0.29, 0.717) is 0 Å². The molecule has 1 atom stereocenters. The lowest BCUT2D eigenvalue weighted by Gasteiger charge is -2.12. The van der Waals surface area contributed by atoms with Crippen LogP contribution in [0.4, 0.5) is 10.1 Å². The molecular weight excluding hydrogens is 381 g/mol. The first kappa shape index (κ1) is 18.5. The Morgan fingerprint density at radius 1 is 1.12 bits per heavy atom. The lowest BCUT2D eigenvalue weighted by atomic mass is 10.2. The number of carbonyl (C=O) groups is 1. The average molecular weight is 397 g/mol. The molecule has 0 saturated carbocycles. The predicted octanol–water partition coefficient (Wildman–Crippen LogP) is 2.04. The maximum absolute atomic E-state index is 13.6. The van der Waals surface area contributed by atoms with Crippen LogP contribution in [0, 0.1) is 5.82 Å². The lowest BCUT2D eigenvalue weighted by molar-refractivity contribution is 0.102. The van der Waals surface area contributed by atoms with Crippen molar-refractivity contribution in [3.8, 4) is 0 Å². The minimum Gasteiger partial charge on any atom is -0.319 e. The summed E-state index contributed by atoms with van der Waals surface area (Å²) in [6.45, 7) is 0. The summed E-state index contributed by atoms with van der Waals surface area (Å²) >= 11 is 0. The highest BCUT2D eigenvalue weighted by Gasteiger charge is 2.38. The maximum atomic E-state index is 13.6. The molecule has 0 unspecified atom stereocenters. The molecular formula is C17H16FNO5S2. The van der Waals surface area contributed by atoms with E-state index in [1.807, 2.05) is 0 Å². The molecule has 1 fully saturated rings. The lowest BCUT2D eigenvalue weighted by Crippen LogP contribution is -2.23. The molecule has 1 aliphatic heterocycles. The predicted molar refractivity (Wildman–Crippen MR) is 95.0 cm³/mol. The molecule has 1 heterocycles. The monoisotopic (exact) mass is 397 g/mol. The van der Waals surface area contributed by atoms with Crippen LogP contribution in [0.3, 0.4) is 0 Å². The second-order valence-electron chi connectivity index (χ2n) is 6.03. The summed E-state index contributed by atoms with van der Waals surface area (Å²) in [5.74, 6) is -1.85. The van der Waals surface area contributed by atoms with E-state index >= 15 is 0 Å². The fraction of sp³-hybridized carbons (Fsp3) is 0.235. The van der Waals surface area contributed by atoms with E-state index in [0.717, 1.165) is 0 Å². The van der Waals surface area contributed by atoms with Gasteiger partial charge in [0.2, 0.25) is 0 Å². The number of amides is 1. The van der Waals surface area contributed by atoms with E-state index in [9.17, 15) is 26.0 Å². The molecule has 0 spiro atoms. The van der Waals surface area contributed by atoms with E-state index in [1.165, 1.54) is 42.5 Å². The molecule has 1 amide bonds. The quantitative estimate of drug-likeness (QED) is 0.851. The van der Waals surface area contributed by atoms with Gasteiger partial charge in [0.25, 0.3) is 5.91 Å².